The third kappa shape index (κ3) is 1.78. The number of halogens is 1. The van der Waals surface area contributed by atoms with Crippen LogP contribution in [0.15, 0.2) is 0 Å². The summed E-state index contributed by atoms with van der Waals surface area (Å²) in [5.41, 5.74) is 0.215. The van der Waals surface area contributed by atoms with Crippen molar-refractivity contribution in [2.24, 2.45) is 29.1 Å². The highest BCUT2D eigenvalue weighted by atomic mass is 79.9. The smallest absolute Gasteiger partial charge is 0.222 e. The molecule has 8 atom stereocenters. The molecule has 0 unspecified atom stereocenters. The second kappa shape index (κ2) is 4.70. The molecule has 21 heavy (non-hydrogen) atoms. The van der Waals surface area contributed by atoms with Gasteiger partial charge in [-0.3, -0.25) is 4.79 Å². The molecular weight excluding hydrogens is 330 g/mol. The lowest BCUT2D eigenvalue weighted by Crippen LogP contribution is -2.49. The zero-order chi connectivity index (χ0) is 14.9. The summed E-state index contributed by atoms with van der Waals surface area (Å²) in [6.07, 6.45) is 6.46. The molecule has 4 fully saturated rings. The number of ether oxygens (including phenoxy) is 1. The zero-order valence-electron chi connectivity index (χ0n) is 13.2. The minimum Gasteiger partial charge on any atom is -0.373 e. The van der Waals surface area contributed by atoms with E-state index >= 15 is 0 Å². The Hall–Kier alpha value is -0.0900. The SMILES string of the molecule is CC[C@@]1(CC(=O)N(C)C)CC[C@@H]2O[C@@H]3[C@H](Br)[C@@H]4C[C@H]3[C@H]2[C@@H]41. The van der Waals surface area contributed by atoms with Gasteiger partial charge in [0, 0.05) is 25.3 Å². The Morgan fingerprint density at radius 3 is 2.81 bits per heavy atom. The van der Waals surface area contributed by atoms with Crippen LogP contribution in [0.3, 0.4) is 0 Å². The predicted molar refractivity (Wildman–Crippen MR) is 85.2 cm³/mol. The molecule has 0 aromatic heterocycles. The van der Waals surface area contributed by atoms with E-state index in [9.17, 15) is 4.79 Å². The van der Waals surface area contributed by atoms with Crippen LogP contribution in [0.25, 0.3) is 0 Å². The van der Waals surface area contributed by atoms with Crippen LogP contribution in [0, 0.1) is 29.1 Å². The fourth-order valence-corrected chi connectivity index (χ4v) is 7.29. The fraction of sp³-hybridized carbons (Fsp3) is 0.941. The van der Waals surface area contributed by atoms with Crippen molar-refractivity contribution in [2.45, 2.75) is 56.1 Å². The van der Waals surface area contributed by atoms with Crippen LogP contribution in [-0.2, 0) is 9.53 Å². The quantitative estimate of drug-likeness (QED) is 0.728. The number of rotatable bonds is 3. The molecule has 0 radical (unpaired) electrons. The summed E-state index contributed by atoms with van der Waals surface area (Å²) in [5, 5.41) is 0. The molecule has 3 saturated carbocycles. The molecular formula is C17H26BrNO2. The van der Waals surface area contributed by atoms with Gasteiger partial charge >= 0.3 is 0 Å². The Labute approximate surface area is 135 Å². The van der Waals surface area contributed by atoms with Gasteiger partial charge in [-0.15, -0.1) is 0 Å². The van der Waals surface area contributed by atoms with Gasteiger partial charge in [-0.1, -0.05) is 22.9 Å². The first-order valence-corrected chi connectivity index (χ1v) is 9.40. The minimum absolute atomic E-state index is 0.215. The number of carbonyl (C=O) groups excluding carboxylic acids is 1. The van der Waals surface area contributed by atoms with Crippen LogP contribution in [0.4, 0.5) is 0 Å². The average Bonchev–Trinajstić information content (AvgIpc) is 3.08. The summed E-state index contributed by atoms with van der Waals surface area (Å²) in [6, 6.07) is 0. The molecule has 4 heteroatoms. The molecule has 1 saturated heterocycles. The lowest BCUT2D eigenvalue weighted by atomic mass is 9.55. The largest absolute Gasteiger partial charge is 0.373 e. The molecule has 3 nitrogen and oxygen atoms in total. The number of alkyl halides is 1. The van der Waals surface area contributed by atoms with E-state index in [1.807, 2.05) is 14.1 Å². The molecule has 1 aliphatic heterocycles. The maximum absolute atomic E-state index is 12.4. The van der Waals surface area contributed by atoms with Gasteiger partial charge < -0.3 is 9.64 Å². The topological polar surface area (TPSA) is 29.5 Å². The highest BCUT2D eigenvalue weighted by Crippen LogP contribution is 2.70. The van der Waals surface area contributed by atoms with E-state index in [4.69, 9.17) is 4.74 Å². The van der Waals surface area contributed by atoms with E-state index < -0.39 is 0 Å². The Kier molecular flexibility index (Phi) is 3.25. The molecule has 4 rings (SSSR count). The summed E-state index contributed by atoms with van der Waals surface area (Å²) in [4.78, 5) is 14.7. The van der Waals surface area contributed by atoms with E-state index in [1.54, 1.807) is 4.90 Å². The van der Waals surface area contributed by atoms with Gasteiger partial charge in [-0.25, -0.2) is 0 Å². The van der Waals surface area contributed by atoms with Crippen LogP contribution in [-0.4, -0.2) is 41.9 Å². The van der Waals surface area contributed by atoms with Crippen molar-refractivity contribution in [3.8, 4) is 0 Å². The van der Waals surface area contributed by atoms with E-state index in [0.717, 1.165) is 37.0 Å². The van der Waals surface area contributed by atoms with Crippen molar-refractivity contribution < 1.29 is 9.53 Å². The minimum atomic E-state index is 0.215. The summed E-state index contributed by atoms with van der Waals surface area (Å²) < 4.78 is 6.37. The Bertz CT molecular complexity index is 468. The first-order chi connectivity index (χ1) is 9.98. The molecule has 0 N–H and O–H groups in total. The zero-order valence-corrected chi connectivity index (χ0v) is 14.8. The van der Waals surface area contributed by atoms with Gasteiger partial charge in [-0.05, 0) is 54.8 Å². The summed E-state index contributed by atoms with van der Waals surface area (Å²) in [6.45, 7) is 2.30. The second-order valence-electron chi connectivity index (χ2n) is 7.97. The summed E-state index contributed by atoms with van der Waals surface area (Å²) in [7, 11) is 3.78. The molecule has 0 aromatic rings. The summed E-state index contributed by atoms with van der Waals surface area (Å²) in [5.74, 6) is 3.22. The fourth-order valence-electron chi connectivity index (χ4n) is 6.23. The average molecular weight is 356 g/mol. The van der Waals surface area contributed by atoms with Gasteiger partial charge in [0.05, 0.1) is 12.2 Å². The van der Waals surface area contributed by atoms with Crippen molar-refractivity contribution in [1.82, 2.24) is 4.90 Å². The third-order valence-corrected chi connectivity index (χ3v) is 8.36. The van der Waals surface area contributed by atoms with Crippen molar-refractivity contribution in [3.63, 3.8) is 0 Å². The highest BCUT2D eigenvalue weighted by Gasteiger charge is 2.70. The number of hydrogen-bond acceptors (Lipinski definition) is 2. The highest BCUT2D eigenvalue weighted by molar-refractivity contribution is 9.09. The van der Waals surface area contributed by atoms with Crippen LogP contribution >= 0.6 is 15.9 Å². The first-order valence-electron chi connectivity index (χ1n) is 8.48. The van der Waals surface area contributed by atoms with Crippen LogP contribution in [0.5, 0.6) is 0 Å². The number of carbonyl (C=O) groups is 1. The molecule has 2 bridgehead atoms. The maximum Gasteiger partial charge on any atom is 0.222 e. The molecule has 118 valence electrons. The van der Waals surface area contributed by atoms with Gasteiger partial charge in [0.2, 0.25) is 5.91 Å². The van der Waals surface area contributed by atoms with E-state index in [1.165, 1.54) is 12.8 Å². The molecule has 1 heterocycles. The molecule has 0 aromatic carbocycles. The number of fused-ring (bicyclic) bond motifs is 2. The standard InChI is InChI=1S/C17H26BrNO2/c1-4-17(8-12(20)19(2)3)6-5-11-13-9-7-10(14(13)17)15(18)16(9)21-11/h9-11,13-16H,4-8H2,1-3H3/t9-,10+,11-,13+,14+,15+,16-,17-/m0/s1. The van der Waals surface area contributed by atoms with Gasteiger partial charge in [0.1, 0.15) is 0 Å². The molecule has 1 amide bonds. The maximum atomic E-state index is 12.4. The van der Waals surface area contributed by atoms with Crippen molar-refractivity contribution in [2.75, 3.05) is 14.1 Å². The normalized spacial score (nSPS) is 53.2. The van der Waals surface area contributed by atoms with Crippen LogP contribution < -0.4 is 0 Å². The number of hydrogen-bond donors (Lipinski definition) is 0. The molecule has 3 aliphatic carbocycles. The van der Waals surface area contributed by atoms with Crippen molar-refractivity contribution >= 4 is 21.8 Å². The second-order valence-corrected chi connectivity index (χ2v) is 9.03. The third-order valence-electron chi connectivity index (χ3n) is 7.16. The lowest BCUT2D eigenvalue weighted by Gasteiger charge is -2.50. The van der Waals surface area contributed by atoms with Crippen molar-refractivity contribution in [3.05, 3.63) is 0 Å². The number of nitrogens with zero attached hydrogens (tertiary/aromatic N) is 1. The molecule has 0 spiro atoms. The summed E-state index contributed by atoms with van der Waals surface area (Å²) >= 11 is 3.94. The first kappa shape index (κ1) is 14.5. The van der Waals surface area contributed by atoms with Crippen molar-refractivity contribution in [1.29, 1.82) is 0 Å². The van der Waals surface area contributed by atoms with E-state index in [0.29, 0.717) is 28.9 Å². The Balaban J connectivity index is 1.68. The van der Waals surface area contributed by atoms with Gasteiger partial charge in [0.25, 0.3) is 0 Å². The Morgan fingerprint density at radius 2 is 2.14 bits per heavy atom. The Morgan fingerprint density at radius 1 is 1.38 bits per heavy atom. The van der Waals surface area contributed by atoms with Crippen LogP contribution in [0.2, 0.25) is 0 Å². The monoisotopic (exact) mass is 355 g/mol. The van der Waals surface area contributed by atoms with Gasteiger partial charge in [-0.2, -0.15) is 0 Å². The van der Waals surface area contributed by atoms with E-state index in [-0.39, 0.29) is 5.41 Å². The van der Waals surface area contributed by atoms with E-state index in [2.05, 4.69) is 22.9 Å². The van der Waals surface area contributed by atoms with Crippen LogP contribution in [0.1, 0.15) is 39.0 Å². The lowest BCUT2D eigenvalue weighted by molar-refractivity contribution is -0.135. The molecule has 4 aliphatic rings. The van der Waals surface area contributed by atoms with Gasteiger partial charge in [0.15, 0.2) is 0 Å². The predicted octanol–water partition coefficient (Wildman–Crippen LogP) is 3.07. The number of amides is 1.